The second kappa shape index (κ2) is 6.40. The van der Waals surface area contributed by atoms with E-state index in [9.17, 15) is 9.59 Å². The summed E-state index contributed by atoms with van der Waals surface area (Å²) >= 11 is 0. The number of carboxylic acids is 1. The molecule has 0 saturated carbocycles. The van der Waals surface area contributed by atoms with E-state index < -0.39 is 17.4 Å². The molecule has 0 aromatic rings. The first kappa shape index (κ1) is 13.9. The Balaban J connectivity index is 4.92. The van der Waals surface area contributed by atoms with Crippen molar-refractivity contribution in [3.8, 4) is 0 Å². The lowest BCUT2D eigenvalue weighted by Crippen LogP contribution is -2.44. The number of aliphatic carboxylic acids is 1. The Labute approximate surface area is 89.4 Å². The zero-order chi connectivity index (χ0) is 11.9. The Morgan fingerprint density at radius 1 is 1.33 bits per heavy atom. The van der Waals surface area contributed by atoms with Crippen LogP contribution in [0.15, 0.2) is 0 Å². The van der Waals surface area contributed by atoms with E-state index in [2.05, 4.69) is 0 Å². The van der Waals surface area contributed by atoms with Crippen molar-refractivity contribution in [2.24, 2.45) is 5.41 Å². The molecule has 0 radical (unpaired) electrons. The number of rotatable bonds is 7. The molecule has 0 fully saturated rings. The molecule has 0 aromatic carbocycles. The van der Waals surface area contributed by atoms with Gasteiger partial charge in [0.25, 0.3) is 0 Å². The van der Waals surface area contributed by atoms with Gasteiger partial charge in [0.05, 0.1) is 13.2 Å². The van der Waals surface area contributed by atoms with Gasteiger partial charge < -0.3 is 14.6 Å². The van der Waals surface area contributed by atoms with Gasteiger partial charge in [0.2, 0.25) is 0 Å². The smallest absolute Gasteiger partial charge is 0.325 e. The minimum Gasteiger partial charge on any atom is -0.480 e. The van der Waals surface area contributed by atoms with Crippen LogP contribution in [0.1, 0.15) is 26.7 Å². The second-order valence-corrected chi connectivity index (χ2v) is 3.29. The van der Waals surface area contributed by atoms with Crippen LogP contribution in [0.2, 0.25) is 0 Å². The van der Waals surface area contributed by atoms with Crippen LogP contribution in [-0.2, 0) is 19.1 Å². The number of ether oxygens (including phenoxy) is 2. The highest BCUT2D eigenvalue weighted by atomic mass is 16.5. The highest BCUT2D eigenvalue weighted by Crippen LogP contribution is 2.26. The van der Waals surface area contributed by atoms with Crippen molar-refractivity contribution >= 4 is 11.9 Å². The van der Waals surface area contributed by atoms with E-state index in [1.54, 1.807) is 6.92 Å². The molecule has 1 unspecified atom stereocenters. The average Bonchev–Trinajstić information content (AvgIpc) is 2.17. The summed E-state index contributed by atoms with van der Waals surface area (Å²) in [5.41, 5.74) is -1.56. The highest BCUT2D eigenvalue weighted by Gasteiger charge is 2.47. The molecule has 0 rings (SSSR count). The molecular formula is C10H18O5. The van der Waals surface area contributed by atoms with Crippen molar-refractivity contribution in [2.75, 3.05) is 20.3 Å². The lowest BCUT2D eigenvalue weighted by molar-refractivity contribution is -0.173. The normalized spacial score (nSPS) is 14.3. The maximum atomic E-state index is 11.6. The van der Waals surface area contributed by atoms with Gasteiger partial charge in [-0.1, -0.05) is 13.3 Å². The summed E-state index contributed by atoms with van der Waals surface area (Å²) in [4.78, 5) is 22.7. The lowest BCUT2D eigenvalue weighted by Gasteiger charge is -2.25. The summed E-state index contributed by atoms with van der Waals surface area (Å²) in [6.07, 6.45) is 0.795. The molecule has 0 saturated heterocycles. The van der Waals surface area contributed by atoms with Gasteiger partial charge in [-0.15, -0.1) is 0 Å². The van der Waals surface area contributed by atoms with E-state index >= 15 is 0 Å². The van der Waals surface area contributed by atoms with Gasteiger partial charge in [0.1, 0.15) is 0 Å². The van der Waals surface area contributed by atoms with Crippen LogP contribution in [0.25, 0.3) is 0 Å². The number of esters is 1. The zero-order valence-corrected chi connectivity index (χ0v) is 9.41. The highest BCUT2D eigenvalue weighted by molar-refractivity contribution is 5.99. The van der Waals surface area contributed by atoms with E-state index in [0.29, 0.717) is 6.42 Å². The van der Waals surface area contributed by atoms with Gasteiger partial charge in [-0.3, -0.25) is 9.59 Å². The molecular weight excluding hydrogens is 200 g/mol. The summed E-state index contributed by atoms with van der Waals surface area (Å²) in [5, 5.41) is 9.10. The average molecular weight is 218 g/mol. The van der Waals surface area contributed by atoms with Crippen molar-refractivity contribution in [3.63, 3.8) is 0 Å². The summed E-state index contributed by atoms with van der Waals surface area (Å²) in [6, 6.07) is 0. The van der Waals surface area contributed by atoms with Gasteiger partial charge in [0, 0.05) is 7.11 Å². The predicted molar refractivity (Wildman–Crippen MR) is 53.5 cm³/mol. The van der Waals surface area contributed by atoms with E-state index in [-0.39, 0.29) is 19.6 Å². The summed E-state index contributed by atoms with van der Waals surface area (Å²) in [7, 11) is 1.37. The summed E-state index contributed by atoms with van der Waals surface area (Å²) in [6.45, 7) is 3.46. The largest absolute Gasteiger partial charge is 0.480 e. The van der Waals surface area contributed by atoms with Crippen LogP contribution in [0.3, 0.4) is 0 Å². The third-order valence-electron chi connectivity index (χ3n) is 2.14. The number of hydrogen-bond acceptors (Lipinski definition) is 4. The number of methoxy groups -OCH3 is 1. The Kier molecular flexibility index (Phi) is 5.93. The summed E-state index contributed by atoms with van der Waals surface area (Å²) < 4.78 is 9.58. The maximum Gasteiger partial charge on any atom is 0.325 e. The lowest BCUT2D eigenvalue weighted by atomic mass is 9.84. The van der Waals surface area contributed by atoms with Crippen molar-refractivity contribution in [1.29, 1.82) is 0 Å². The van der Waals surface area contributed by atoms with E-state index in [4.69, 9.17) is 14.6 Å². The molecule has 0 heterocycles. The molecule has 0 aliphatic carbocycles. The Morgan fingerprint density at radius 2 is 1.93 bits per heavy atom. The van der Waals surface area contributed by atoms with Crippen LogP contribution in [0.5, 0.6) is 0 Å². The van der Waals surface area contributed by atoms with Gasteiger partial charge >= 0.3 is 11.9 Å². The van der Waals surface area contributed by atoms with E-state index in [1.807, 2.05) is 6.92 Å². The maximum absolute atomic E-state index is 11.6. The van der Waals surface area contributed by atoms with Gasteiger partial charge in [0.15, 0.2) is 5.41 Å². The molecule has 0 aromatic heterocycles. The fourth-order valence-corrected chi connectivity index (χ4v) is 1.43. The van der Waals surface area contributed by atoms with Crippen molar-refractivity contribution in [2.45, 2.75) is 26.7 Å². The van der Waals surface area contributed by atoms with E-state index in [0.717, 1.165) is 0 Å². The molecule has 15 heavy (non-hydrogen) atoms. The minimum absolute atomic E-state index is 0.158. The third kappa shape index (κ3) is 3.20. The number of carboxylic acid groups (broad SMARTS) is 1. The number of hydrogen-bond donors (Lipinski definition) is 1. The molecule has 0 spiro atoms. The van der Waals surface area contributed by atoms with Crippen molar-refractivity contribution < 1.29 is 24.2 Å². The van der Waals surface area contributed by atoms with E-state index in [1.165, 1.54) is 7.11 Å². The quantitative estimate of drug-likeness (QED) is 0.511. The predicted octanol–water partition coefficient (Wildman–Crippen LogP) is 1.07. The second-order valence-electron chi connectivity index (χ2n) is 3.29. The molecule has 0 amide bonds. The molecule has 1 N–H and O–H groups in total. The van der Waals surface area contributed by atoms with Crippen LogP contribution in [0.4, 0.5) is 0 Å². The zero-order valence-electron chi connectivity index (χ0n) is 9.41. The van der Waals surface area contributed by atoms with Crippen LogP contribution in [-0.4, -0.2) is 37.4 Å². The number of carbonyl (C=O) groups is 2. The first-order chi connectivity index (χ1) is 7.05. The fraction of sp³-hybridized carbons (Fsp3) is 0.800. The van der Waals surface area contributed by atoms with Crippen LogP contribution < -0.4 is 0 Å². The van der Waals surface area contributed by atoms with Crippen LogP contribution in [0, 0.1) is 5.41 Å². The van der Waals surface area contributed by atoms with Crippen molar-refractivity contribution in [1.82, 2.24) is 0 Å². The first-order valence-electron chi connectivity index (χ1n) is 4.94. The minimum atomic E-state index is -1.56. The third-order valence-corrected chi connectivity index (χ3v) is 2.14. The molecule has 5 nitrogen and oxygen atoms in total. The standard InChI is InChI=1S/C10H18O5/c1-4-6-10(7-14-3,8(11)12)9(13)15-5-2/h4-7H2,1-3H3,(H,11,12). The first-order valence-corrected chi connectivity index (χ1v) is 4.94. The van der Waals surface area contributed by atoms with Crippen molar-refractivity contribution in [3.05, 3.63) is 0 Å². The monoisotopic (exact) mass is 218 g/mol. The van der Waals surface area contributed by atoms with Gasteiger partial charge in [-0.05, 0) is 13.3 Å². The Bertz CT molecular complexity index is 218. The summed E-state index contributed by atoms with van der Waals surface area (Å²) in [5.74, 6) is -1.91. The molecule has 0 aliphatic heterocycles. The molecule has 1 atom stereocenters. The fourth-order valence-electron chi connectivity index (χ4n) is 1.43. The topological polar surface area (TPSA) is 72.8 Å². The Hall–Kier alpha value is -1.10. The molecule has 0 aliphatic rings. The Morgan fingerprint density at radius 3 is 2.27 bits per heavy atom. The number of carbonyl (C=O) groups excluding carboxylic acids is 1. The SMILES string of the molecule is CCCC(COC)(C(=O)O)C(=O)OCC. The van der Waals surface area contributed by atoms with Gasteiger partial charge in [-0.25, -0.2) is 0 Å². The van der Waals surface area contributed by atoms with Gasteiger partial charge in [-0.2, -0.15) is 0 Å². The molecule has 88 valence electrons. The molecule has 5 heteroatoms. The molecule has 0 bridgehead atoms. The van der Waals surface area contributed by atoms with Crippen LogP contribution >= 0.6 is 0 Å².